The van der Waals surface area contributed by atoms with Gasteiger partial charge in [0.05, 0.1) is 13.0 Å². The van der Waals surface area contributed by atoms with E-state index in [9.17, 15) is 19.2 Å². The summed E-state index contributed by atoms with van der Waals surface area (Å²) in [7, 11) is -2.63. The fourth-order valence-electron chi connectivity index (χ4n) is 5.43. The van der Waals surface area contributed by atoms with Gasteiger partial charge in [-0.3, -0.25) is 9.59 Å². The monoisotopic (exact) mass is 658 g/mol. The standard InChI is InChI=1S/C36H42N2O8Si/c1-6-21-44-34(42)31(38-35(43)45-22-30-28-13-9-7-11-26(28)27-12-8-10-14-29(27)30)23-46-47(4,5)36(2,3)24-15-17-25(18-16-24)37-32(39)19-20-33(40)41/h6-18,30-31H,1,19-23H2,2-5H3,(H,37,39)(H,38,43)(H,40,41)/t31-/m0/s1. The van der Waals surface area contributed by atoms with Crippen molar-refractivity contribution < 1.29 is 38.2 Å². The Hall–Kier alpha value is -4.74. The molecule has 1 atom stereocenters. The molecule has 1 aliphatic rings. The van der Waals surface area contributed by atoms with Crippen LogP contribution in [0.25, 0.3) is 11.1 Å². The number of nitrogens with one attached hydrogen (secondary N) is 2. The molecule has 0 spiro atoms. The summed E-state index contributed by atoms with van der Waals surface area (Å²) in [6, 6.07) is 22.2. The number of amides is 2. The minimum absolute atomic E-state index is 0.0206. The van der Waals surface area contributed by atoms with Crippen LogP contribution < -0.4 is 10.6 Å². The smallest absolute Gasteiger partial charge is 0.407 e. The van der Waals surface area contributed by atoms with E-state index in [4.69, 9.17) is 19.0 Å². The SMILES string of the molecule is C=CCOC(=O)[C@H](CO[Si](C)(C)C(C)(C)c1ccc(NC(=O)CCC(=O)O)cc1)NC(=O)OCC1c2ccccc2-c2ccccc21. The van der Waals surface area contributed by atoms with Gasteiger partial charge in [0.15, 0.2) is 14.4 Å². The zero-order valence-electron chi connectivity index (χ0n) is 27.2. The van der Waals surface area contributed by atoms with Gasteiger partial charge in [0.25, 0.3) is 0 Å². The van der Waals surface area contributed by atoms with E-state index in [1.54, 1.807) is 12.1 Å². The summed E-state index contributed by atoms with van der Waals surface area (Å²) >= 11 is 0. The molecule has 0 aliphatic heterocycles. The topological polar surface area (TPSA) is 140 Å². The van der Waals surface area contributed by atoms with Crippen LogP contribution >= 0.6 is 0 Å². The molecular formula is C36H42N2O8Si. The lowest BCUT2D eigenvalue weighted by Gasteiger charge is -2.40. The number of carboxylic acid groups (broad SMARTS) is 1. The Bertz CT molecular complexity index is 1570. The number of rotatable bonds is 15. The molecule has 4 rings (SSSR count). The third-order valence-electron chi connectivity index (χ3n) is 8.84. The van der Waals surface area contributed by atoms with Crippen LogP contribution in [0.15, 0.2) is 85.5 Å². The highest BCUT2D eigenvalue weighted by molar-refractivity contribution is 6.74. The molecule has 3 aromatic rings. The van der Waals surface area contributed by atoms with Gasteiger partial charge in [0, 0.05) is 23.1 Å². The summed E-state index contributed by atoms with van der Waals surface area (Å²) in [6.07, 6.45) is 0.336. The quantitative estimate of drug-likeness (QED) is 0.100. The molecular weight excluding hydrogens is 616 g/mol. The highest BCUT2D eigenvalue weighted by atomic mass is 28.4. The first-order valence-corrected chi connectivity index (χ1v) is 18.4. The summed E-state index contributed by atoms with van der Waals surface area (Å²) in [5, 5.41) is 13.7. The first-order chi connectivity index (χ1) is 22.3. The van der Waals surface area contributed by atoms with Crippen LogP contribution in [0.4, 0.5) is 10.5 Å². The minimum Gasteiger partial charge on any atom is -0.481 e. The molecule has 0 saturated carbocycles. The molecule has 10 nitrogen and oxygen atoms in total. The molecule has 248 valence electrons. The molecule has 1 aliphatic carbocycles. The zero-order chi connectivity index (χ0) is 34.2. The molecule has 11 heteroatoms. The van der Waals surface area contributed by atoms with Gasteiger partial charge in [0.1, 0.15) is 13.2 Å². The van der Waals surface area contributed by atoms with Crippen LogP contribution in [0, 0.1) is 0 Å². The van der Waals surface area contributed by atoms with Crippen molar-refractivity contribution in [3.05, 3.63) is 102 Å². The predicted molar refractivity (Wildman–Crippen MR) is 182 cm³/mol. The zero-order valence-corrected chi connectivity index (χ0v) is 28.2. The fraction of sp³-hybridized carbons (Fsp3) is 0.333. The normalized spacial score (nSPS) is 13.1. The summed E-state index contributed by atoms with van der Waals surface area (Å²) < 4.78 is 17.4. The molecule has 0 unspecified atom stereocenters. The minimum atomic E-state index is -2.63. The second-order valence-corrected chi connectivity index (χ2v) is 17.0. The van der Waals surface area contributed by atoms with E-state index >= 15 is 0 Å². The van der Waals surface area contributed by atoms with Crippen LogP contribution in [-0.4, -0.2) is 63.2 Å². The maximum atomic E-state index is 13.1. The fourth-order valence-corrected chi connectivity index (χ4v) is 7.23. The second-order valence-electron chi connectivity index (χ2n) is 12.4. The van der Waals surface area contributed by atoms with E-state index in [-0.39, 0.29) is 44.5 Å². The molecule has 3 N–H and O–H groups in total. The van der Waals surface area contributed by atoms with E-state index in [0.29, 0.717) is 5.69 Å². The number of carbonyl (C=O) groups is 4. The summed E-state index contributed by atoms with van der Waals surface area (Å²) in [5.41, 5.74) is 5.89. The van der Waals surface area contributed by atoms with Crippen LogP contribution in [0.1, 0.15) is 49.3 Å². The van der Waals surface area contributed by atoms with Gasteiger partial charge in [0.2, 0.25) is 5.91 Å². The van der Waals surface area contributed by atoms with Gasteiger partial charge in [-0.2, -0.15) is 0 Å². The summed E-state index contributed by atoms with van der Waals surface area (Å²) in [5.74, 6) is -2.21. The number of aliphatic carboxylic acids is 1. The lowest BCUT2D eigenvalue weighted by Crippen LogP contribution is -2.54. The van der Waals surface area contributed by atoms with Crippen LogP contribution in [0.2, 0.25) is 13.1 Å². The van der Waals surface area contributed by atoms with Crippen molar-refractivity contribution in [2.45, 2.75) is 56.8 Å². The third-order valence-corrected chi connectivity index (χ3v) is 13.0. The van der Waals surface area contributed by atoms with Crippen molar-refractivity contribution in [1.82, 2.24) is 5.32 Å². The highest BCUT2D eigenvalue weighted by Crippen LogP contribution is 2.44. The maximum Gasteiger partial charge on any atom is 0.407 e. The van der Waals surface area contributed by atoms with Gasteiger partial charge in [-0.15, -0.1) is 0 Å². The Balaban J connectivity index is 1.40. The average molecular weight is 659 g/mol. The molecule has 2 amide bonds. The number of benzene rings is 3. The van der Waals surface area contributed by atoms with Gasteiger partial charge >= 0.3 is 18.0 Å². The molecule has 0 saturated heterocycles. The Morgan fingerprint density at radius 1 is 0.915 bits per heavy atom. The Labute approximate surface area is 276 Å². The van der Waals surface area contributed by atoms with Gasteiger partial charge in [-0.25, -0.2) is 9.59 Å². The number of esters is 1. The number of carbonyl (C=O) groups excluding carboxylic acids is 3. The number of alkyl carbamates (subject to hydrolysis) is 1. The molecule has 0 fully saturated rings. The van der Waals surface area contributed by atoms with E-state index in [2.05, 4.69) is 29.3 Å². The van der Waals surface area contributed by atoms with Gasteiger partial charge in [-0.1, -0.05) is 87.2 Å². The summed E-state index contributed by atoms with van der Waals surface area (Å²) in [6.45, 7) is 11.7. The molecule has 0 heterocycles. The average Bonchev–Trinajstić information content (AvgIpc) is 3.37. The Kier molecular flexibility index (Phi) is 11.4. The molecule has 47 heavy (non-hydrogen) atoms. The van der Waals surface area contributed by atoms with Crippen LogP contribution in [-0.2, 0) is 33.3 Å². The van der Waals surface area contributed by atoms with E-state index < -0.39 is 37.4 Å². The third kappa shape index (κ3) is 8.55. The number of carboxylic acids is 1. The lowest BCUT2D eigenvalue weighted by atomic mass is 9.98. The van der Waals surface area contributed by atoms with Crippen LogP contribution in [0.5, 0.6) is 0 Å². The van der Waals surface area contributed by atoms with Crippen LogP contribution in [0.3, 0.4) is 0 Å². The van der Waals surface area contributed by atoms with Crippen molar-refractivity contribution in [3.8, 4) is 11.1 Å². The maximum absolute atomic E-state index is 13.1. The van der Waals surface area contributed by atoms with Crippen molar-refractivity contribution in [2.24, 2.45) is 0 Å². The molecule has 3 aromatic carbocycles. The van der Waals surface area contributed by atoms with Crippen molar-refractivity contribution in [2.75, 3.05) is 25.1 Å². The van der Waals surface area contributed by atoms with Gasteiger partial charge < -0.3 is 29.6 Å². The first kappa shape index (κ1) is 35.1. The number of hydrogen-bond donors (Lipinski definition) is 3. The van der Waals surface area contributed by atoms with Crippen molar-refractivity contribution >= 4 is 37.9 Å². The second kappa shape index (κ2) is 15.2. The molecule has 0 aromatic heterocycles. The molecule has 0 radical (unpaired) electrons. The van der Waals surface area contributed by atoms with E-state index in [0.717, 1.165) is 27.8 Å². The van der Waals surface area contributed by atoms with E-state index in [1.807, 2.05) is 75.5 Å². The van der Waals surface area contributed by atoms with Crippen molar-refractivity contribution in [1.29, 1.82) is 0 Å². The highest BCUT2D eigenvalue weighted by Gasteiger charge is 2.43. The predicted octanol–water partition coefficient (Wildman–Crippen LogP) is 6.16. The lowest BCUT2D eigenvalue weighted by molar-refractivity contribution is -0.145. The van der Waals surface area contributed by atoms with Gasteiger partial charge in [-0.05, 0) is 53.0 Å². The number of hydrogen-bond acceptors (Lipinski definition) is 7. The number of anilines is 1. The Morgan fingerprint density at radius 3 is 2.09 bits per heavy atom. The first-order valence-electron chi connectivity index (χ1n) is 15.5. The van der Waals surface area contributed by atoms with E-state index in [1.165, 1.54) is 6.08 Å². The Morgan fingerprint density at radius 2 is 1.51 bits per heavy atom. The molecule has 0 bridgehead atoms. The van der Waals surface area contributed by atoms with Crippen molar-refractivity contribution in [3.63, 3.8) is 0 Å². The summed E-state index contributed by atoms with van der Waals surface area (Å²) in [4.78, 5) is 48.9. The number of ether oxygens (including phenoxy) is 2. The largest absolute Gasteiger partial charge is 0.481 e. The number of fused-ring (bicyclic) bond motifs is 3.